The summed E-state index contributed by atoms with van der Waals surface area (Å²) in [6, 6.07) is 5.85. The maximum absolute atomic E-state index is 5.78. The van der Waals surface area contributed by atoms with E-state index in [0.29, 0.717) is 0 Å². The Labute approximate surface area is 141 Å². The van der Waals surface area contributed by atoms with Gasteiger partial charge in [0, 0.05) is 15.1 Å². The molecule has 1 atom stereocenters. The molecule has 3 N–H and O–H groups in total. The van der Waals surface area contributed by atoms with Crippen molar-refractivity contribution in [2.24, 2.45) is 5.84 Å². The van der Waals surface area contributed by atoms with Gasteiger partial charge in [0.1, 0.15) is 5.75 Å². The Morgan fingerprint density at radius 3 is 2.48 bits per heavy atom. The topological polar surface area (TPSA) is 60.2 Å². The van der Waals surface area contributed by atoms with Crippen molar-refractivity contribution in [3.05, 3.63) is 55.7 Å². The van der Waals surface area contributed by atoms with E-state index in [1.165, 1.54) is 0 Å². The highest BCUT2D eigenvalue weighted by Crippen LogP contribution is 2.32. The highest BCUT2D eigenvalue weighted by molar-refractivity contribution is 9.11. The molecule has 4 nitrogen and oxygen atoms in total. The molecule has 1 unspecified atom stereocenters. The van der Waals surface area contributed by atoms with Crippen LogP contribution in [0.5, 0.6) is 5.75 Å². The number of hydrazine groups is 1. The molecule has 1 aromatic carbocycles. The molecule has 0 aliphatic carbocycles. The zero-order valence-electron chi connectivity index (χ0n) is 12.1. The third kappa shape index (κ3) is 3.45. The smallest absolute Gasteiger partial charge is 0.122 e. The molecule has 0 aliphatic rings. The predicted molar refractivity (Wildman–Crippen MR) is 91.3 cm³/mol. The number of hydrogen-bond acceptors (Lipinski definition) is 4. The lowest BCUT2D eigenvalue weighted by atomic mass is 9.96. The predicted octanol–water partition coefficient (Wildman–Crippen LogP) is 3.78. The van der Waals surface area contributed by atoms with Crippen molar-refractivity contribution in [1.29, 1.82) is 0 Å². The van der Waals surface area contributed by atoms with Crippen LogP contribution in [0, 0.1) is 13.8 Å². The highest BCUT2D eigenvalue weighted by atomic mass is 79.9. The Kier molecular flexibility index (Phi) is 5.37. The standard InChI is InChI=1S/C15H17Br2N3O/c1-8-5-13(21-3)9(2)4-11(8)14(20-18)15-12(17)6-10(16)7-19-15/h4-7,14,20H,18H2,1-3H3. The molecule has 21 heavy (non-hydrogen) atoms. The number of nitrogens with zero attached hydrogens (tertiary/aromatic N) is 1. The fourth-order valence-electron chi connectivity index (χ4n) is 2.30. The zero-order valence-corrected chi connectivity index (χ0v) is 15.2. The Morgan fingerprint density at radius 2 is 1.90 bits per heavy atom. The summed E-state index contributed by atoms with van der Waals surface area (Å²) in [6.07, 6.45) is 1.76. The first-order valence-corrected chi connectivity index (χ1v) is 7.98. The van der Waals surface area contributed by atoms with Crippen molar-refractivity contribution >= 4 is 31.9 Å². The van der Waals surface area contributed by atoms with E-state index in [0.717, 1.165) is 37.1 Å². The third-order valence-electron chi connectivity index (χ3n) is 3.37. The minimum atomic E-state index is -0.197. The molecule has 2 rings (SSSR count). The number of nitrogens with one attached hydrogen (secondary N) is 1. The van der Waals surface area contributed by atoms with E-state index in [9.17, 15) is 0 Å². The number of pyridine rings is 1. The number of halogens is 2. The Bertz CT molecular complexity index is 662. The van der Waals surface area contributed by atoms with Crippen molar-refractivity contribution in [2.75, 3.05) is 7.11 Å². The van der Waals surface area contributed by atoms with Crippen LogP contribution < -0.4 is 16.0 Å². The molecule has 6 heteroatoms. The summed E-state index contributed by atoms with van der Waals surface area (Å²) in [5.74, 6) is 6.65. The Balaban J connectivity index is 2.53. The van der Waals surface area contributed by atoms with Crippen molar-refractivity contribution in [2.45, 2.75) is 19.9 Å². The fourth-order valence-corrected chi connectivity index (χ4v) is 3.51. The lowest BCUT2D eigenvalue weighted by molar-refractivity contribution is 0.411. The van der Waals surface area contributed by atoms with Gasteiger partial charge in [0.05, 0.1) is 18.8 Å². The lowest BCUT2D eigenvalue weighted by Gasteiger charge is -2.21. The number of methoxy groups -OCH3 is 1. The first-order chi connectivity index (χ1) is 9.97. The quantitative estimate of drug-likeness (QED) is 0.590. The second-order valence-corrected chi connectivity index (χ2v) is 6.57. The van der Waals surface area contributed by atoms with E-state index in [1.54, 1.807) is 13.3 Å². The summed E-state index contributed by atoms with van der Waals surface area (Å²) < 4.78 is 7.17. The van der Waals surface area contributed by atoms with Crippen molar-refractivity contribution in [3.8, 4) is 5.75 Å². The minimum absolute atomic E-state index is 0.197. The van der Waals surface area contributed by atoms with Gasteiger partial charge in [-0.15, -0.1) is 0 Å². The number of nitrogens with two attached hydrogens (primary N) is 1. The van der Waals surface area contributed by atoms with E-state index in [-0.39, 0.29) is 6.04 Å². The zero-order chi connectivity index (χ0) is 15.6. The van der Waals surface area contributed by atoms with Gasteiger partial charge >= 0.3 is 0 Å². The van der Waals surface area contributed by atoms with Gasteiger partial charge in [0.25, 0.3) is 0 Å². The van der Waals surface area contributed by atoms with Gasteiger partial charge in [-0.1, -0.05) is 6.07 Å². The van der Waals surface area contributed by atoms with Gasteiger partial charge in [-0.05, 0) is 74.5 Å². The maximum Gasteiger partial charge on any atom is 0.122 e. The molecule has 0 saturated heterocycles. The molecule has 0 amide bonds. The molecule has 0 radical (unpaired) electrons. The Morgan fingerprint density at radius 1 is 1.19 bits per heavy atom. The van der Waals surface area contributed by atoms with Crippen molar-refractivity contribution < 1.29 is 4.74 Å². The number of hydrogen-bond donors (Lipinski definition) is 2. The average Bonchev–Trinajstić information content (AvgIpc) is 2.45. The first kappa shape index (κ1) is 16.4. The third-order valence-corrected chi connectivity index (χ3v) is 4.44. The molecule has 0 bridgehead atoms. The van der Waals surface area contributed by atoms with Crippen LogP contribution in [-0.4, -0.2) is 12.1 Å². The maximum atomic E-state index is 5.78. The SMILES string of the molecule is COc1cc(C)c(C(NN)c2ncc(Br)cc2Br)cc1C. The van der Waals surface area contributed by atoms with Crippen molar-refractivity contribution in [3.63, 3.8) is 0 Å². The van der Waals surface area contributed by atoms with Gasteiger partial charge < -0.3 is 4.74 Å². The summed E-state index contributed by atoms with van der Waals surface area (Å²) >= 11 is 6.95. The van der Waals surface area contributed by atoms with Crippen LogP contribution in [0.15, 0.2) is 33.3 Å². The second-order valence-electron chi connectivity index (χ2n) is 4.80. The van der Waals surface area contributed by atoms with Gasteiger partial charge in [-0.25, -0.2) is 5.43 Å². The summed E-state index contributed by atoms with van der Waals surface area (Å²) in [7, 11) is 1.67. The lowest BCUT2D eigenvalue weighted by Crippen LogP contribution is -2.30. The number of aromatic nitrogens is 1. The number of aryl methyl sites for hydroxylation is 2. The molecule has 0 spiro atoms. The van der Waals surface area contributed by atoms with Crippen molar-refractivity contribution in [1.82, 2.24) is 10.4 Å². The first-order valence-electron chi connectivity index (χ1n) is 6.40. The van der Waals surface area contributed by atoms with Crippen LogP contribution in [0.3, 0.4) is 0 Å². The average molecular weight is 415 g/mol. The van der Waals surface area contributed by atoms with E-state index in [4.69, 9.17) is 10.6 Å². The molecule has 1 heterocycles. The van der Waals surface area contributed by atoms with Crippen LogP contribution in [0.1, 0.15) is 28.4 Å². The number of benzene rings is 1. The summed E-state index contributed by atoms with van der Waals surface area (Å²) in [4.78, 5) is 4.47. The van der Waals surface area contributed by atoms with Gasteiger partial charge in [0.2, 0.25) is 0 Å². The highest BCUT2D eigenvalue weighted by Gasteiger charge is 2.20. The van der Waals surface area contributed by atoms with Crippen LogP contribution in [0.4, 0.5) is 0 Å². The molecular formula is C15H17Br2N3O. The van der Waals surface area contributed by atoms with E-state index in [2.05, 4.69) is 48.3 Å². The minimum Gasteiger partial charge on any atom is -0.496 e. The number of rotatable bonds is 4. The Hall–Kier alpha value is -0.950. The van der Waals surface area contributed by atoms with E-state index >= 15 is 0 Å². The van der Waals surface area contributed by atoms with Crippen LogP contribution in [-0.2, 0) is 0 Å². The monoisotopic (exact) mass is 413 g/mol. The van der Waals surface area contributed by atoms with E-state index < -0.39 is 0 Å². The van der Waals surface area contributed by atoms with Crippen LogP contribution in [0.2, 0.25) is 0 Å². The molecular weight excluding hydrogens is 398 g/mol. The molecule has 1 aromatic heterocycles. The fraction of sp³-hybridized carbons (Fsp3) is 0.267. The summed E-state index contributed by atoms with van der Waals surface area (Å²) in [5.41, 5.74) is 6.92. The van der Waals surface area contributed by atoms with Crippen LogP contribution in [0.25, 0.3) is 0 Å². The second kappa shape index (κ2) is 6.87. The van der Waals surface area contributed by atoms with E-state index in [1.807, 2.05) is 26.0 Å². The molecule has 112 valence electrons. The van der Waals surface area contributed by atoms with Gasteiger partial charge in [-0.3, -0.25) is 10.8 Å². The van der Waals surface area contributed by atoms with Gasteiger partial charge in [-0.2, -0.15) is 0 Å². The molecule has 0 aliphatic heterocycles. The summed E-state index contributed by atoms with van der Waals surface area (Å²) in [6.45, 7) is 4.05. The largest absolute Gasteiger partial charge is 0.496 e. The van der Waals surface area contributed by atoms with Crippen LogP contribution >= 0.6 is 31.9 Å². The normalized spacial score (nSPS) is 12.3. The van der Waals surface area contributed by atoms with Gasteiger partial charge in [0.15, 0.2) is 0 Å². The number of ether oxygens (including phenoxy) is 1. The molecule has 0 fully saturated rings. The molecule has 0 saturated carbocycles. The molecule has 2 aromatic rings. The summed E-state index contributed by atoms with van der Waals surface area (Å²) in [5, 5.41) is 0.